The number of amides is 2. The second-order valence-electron chi connectivity index (χ2n) is 6.96. The lowest BCUT2D eigenvalue weighted by Gasteiger charge is -2.15. The van der Waals surface area contributed by atoms with Crippen molar-refractivity contribution in [2.24, 2.45) is 0 Å². The standard InChI is InChI=1S/C21H22N4O3/c1-14-6-4-7-15(12-14)25-18(13-17(24-25)19-9-5-11-28-19)21(27)23-16-8-2-3-10-22-20(16)26/h4-7,9,11-13,16H,2-3,8,10H2,1H3,(H,22,26)(H,23,27). The van der Waals surface area contributed by atoms with Crippen LogP contribution in [0, 0.1) is 6.92 Å². The Bertz CT molecular complexity index is 991. The Morgan fingerprint density at radius 3 is 2.93 bits per heavy atom. The molecule has 2 aromatic heterocycles. The van der Waals surface area contributed by atoms with Gasteiger partial charge in [0, 0.05) is 12.6 Å². The number of nitrogens with zero attached hydrogens (tertiary/aromatic N) is 2. The van der Waals surface area contributed by atoms with Gasteiger partial charge >= 0.3 is 0 Å². The van der Waals surface area contributed by atoms with E-state index in [1.807, 2.05) is 31.2 Å². The largest absolute Gasteiger partial charge is 0.463 e. The lowest BCUT2D eigenvalue weighted by molar-refractivity contribution is -0.122. The summed E-state index contributed by atoms with van der Waals surface area (Å²) in [6.45, 7) is 2.63. The molecule has 1 saturated heterocycles. The van der Waals surface area contributed by atoms with Crippen molar-refractivity contribution >= 4 is 11.8 Å². The van der Waals surface area contributed by atoms with Crippen molar-refractivity contribution in [3.05, 3.63) is 60.0 Å². The van der Waals surface area contributed by atoms with E-state index in [1.165, 1.54) is 0 Å². The number of carbonyl (C=O) groups excluding carboxylic acids is 2. The summed E-state index contributed by atoms with van der Waals surface area (Å²) in [5.74, 6) is 0.0975. The molecule has 1 unspecified atom stereocenters. The Labute approximate surface area is 162 Å². The fraction of sp³-hybridized carbons (Fsp3) is 0.286. The van der Waals surface area contributed by atoms with E-state index in [0.717, 1.165) is 24.1 Å². The van der Waals surface area contributed by atoms with E-state index in [1.54, 1.807) is 29.1 Å². The van der Waals surface area contributed by atoms with E-state index < -0.39 is 6.04 Å². The third kappa shape index (κ3) is 3.69. The molecule has 0 saturated carbocycles. The maximum atomic E-state index is 13.1. The zero-order valence-corrected chi connectivity index (χ0v) is 15.6. The minimum atomic E-state index is -0.539. The first-order valence-electron chi connectivity index (χ1n) is 9.41. The fourth-order valence-electron chi connectivity index (χ4n) is 3.35. The van der Waals surface area contributed by atoms with E-state index in [2.05, 4.69) is 15.7 Å². The molecule has 1 aromatic carbocycles. The molecule has 7 nitrogen and oxygen atoms in total. The predicted molar refractivity (Wildman–Crippen MR) is 104 cm³/mol. The number of carbonyl (C=O) groups is 2. The van der Waals surface area contributed by atoms with Gasteiger partial charge in [-0.05, 0) is 56.0 Å². The molecule has 1 aliphatic rings. The SMILES string of the molecule is Cc1cccc(-n2nc(-c3ccco3)cc2C(=O)NC2CCCCNC2=O)c1. The molecule has 28 heavy (non-hydrogen) atoms. The molecular formula is C21H22N4O3. The monoisotopic (exact) mass is 378 g/mol. The molecule has 4 rings (SSSR count). The van der Waals surface area contributed by atoms with Crippen LogP contribution in [-0.2, 0) is 4.79 Å². The molecule has 7 heteroatoms. The number of aryl methyl sites for hydroxylation is 1. The highest BCUT2D eigenvalue weighted by Crippen LogP contribution is 2.23. The van der Waals surface area contributed by atoms with Crippen LogP contribution < -0.4 is 10.6 Å². The van der Waals surface area contributed by atoms with Crippen molar-refractivity contribution in [3.63, 3.8) is 0 Å². The van der Waals surface area contributed by atoms with Crippen LogP contribution in [0.1, 0.15) is 35.3 Å². The van der Waals surface area contributed by atoms with Crippen LogP contribution in [0.2, 0.25) is 0 Å². The second-order valence-corrected chi connectivity index (χ2v) is 6.96. The quantitative estimate of drug-likeness (QED) is 0.731. The molecule has 144 valence electrons. The summed E-state index contributed by atoms with van der Waals surface area (Å²) in [5.41, 5.74) is 2.74. The minimum absolute atomic E-state index is 0.140. The number of hydrogen-bond acceptors (Lipinski definition) is 4. The molecule has 0 spiro atoms. The van der Waals surface area contributed by atoms with Gasteiger partial charge in [0.25, 0.3) is 5.91 Å². The highest BCUT2D eigenvalue weighted by Gasteiger charge is 2.26. The highest BCUT2D eigenvalue weighted by atomic mass is 16.3. The molecular weight excluding hydrogens is 356 g/mol. The van der Waals surface area contributed by atoms with Crippen LogP contribution in [0.3, 0.4) is 0 Å². The van der Waals surface area contributed by atoms with Crippen LogP contribution in [0.15, 0.2) is 53.1 Å². The van der Waals surface area contributed by atoms with Crippen LogP contribution >= 0.6 is 0 Å². The van der Waals surface area contributed by atoms with Gasteiger partial charge in [-0.2, -0.15) is 5.10 Å². The fourth-order valence-corrected chi connectivity index (χ4v) is 3.35. The molecule has 0 radical (unpaired) electrons. The summed E-state index contributed by atoms with van der Waals surface area (Å²) < 4.78 is 7.03. The Hall–Kier alpha value is -3.35. The predicted octanol–water partition coefficient (Wildman–Crippen LogP) is 2.84. The van der Waals surface area contributed by atoms with Gasteiger partial charge in [0.1, 0.15) is 17.4 Å². The van der Waals surface area contributed by atoms with Crippen molar-refractivity contribution < 1.29 is 14.0 Å². The first-order chi connectivity index (χ1) is 13.6. The topological polar surface area (TPSA) is 89.2 Å². The van der Waals surface area contributed by atoms with E-state index in [-0.39, 0.29) is 11.8 Å². The Kier molecular flexibility index (Phi) is 4.97. The first kappa shape index (κ1) is 18.0. The number of rotatable bonds is 4. The van der Waals surface area contributed by atoms with Gasteiger partial charge in [-0.15, -0.1) is 0 Å². The average Bonchev–Trinajstić information content (AvgIpc) is 3.32. The number of hydrogen-bond donors (Lipinski definition) is 2. The molecule has 3 heterocycles. The van der Waals surface area contributed by atoms with Crippen LogP contribution in [0.25, 0.3) is 17.1 Å². The van der Waals surface area contributed by atoms with Gasteiger partial charge in [0.05, 0.1) is 12.0 Å². The van der Waals surface area contributed by atoms with Crippen LogP contribution in [0.5, 0.6) is 0 Å². The summed E-state index contributed by atoms with van der Waals surface area (Å²) in [6, 6.07) is 12.5. The third-order valence-electron chi connectivity index (χ3n) is 4.80. The van der Waals surface area contributed by atoms with Gasteiger partial charge < -0.3 is 15.1 Å². The Morgan fingerprint density at radius 1 is 1.25 bits per heavy atom. The number of furan rings is 1. The summed E-state index contributed by atoms with van der Waals surface area (Å²) in [7, 11) is 0. The normalized spacial score (nSPS) is 17.0. The number of aromatic nitrogens is 2. The highest BCUT2D eigenvalue weighted by molar-refractivity contribution is 5.97. The molecule has 2 N–H and O–H groups in total. The van der Waals surface area contributed by atoms with Gasteiger partial charge in [-0.25, -0.2) is 4.68 Å². The smallest absolute Gasteiger partial charge is 0.270 e. The summed E-state index contributed by atoms with van der Waals surface area (Å²) in [5, 5.41) is 10.3. The summed E-state index contributed by atoms with van der Waals surface area (Å²) >= 11 is 0. The zero-order valence-electron chi connectivity index (χ0n) is 15.6. The van der Waals surface area contributed by atoms with Crippen LogP contribution in [0.4, 0.5) is 0 Å². The molecule has 0 aliphatic carbocycles. The van der Waals surface area contributed by atoms with Gasteiger partial charge in [0.15, 0.2) is 5.76 Å². The van der Waals surface area contributed by atoms with E-state index in [4.69, 9.17) is 4.42 Å². The number of nitrogens with one attached hydrogen (secondary N) is 2. The average molecular weight is 378 g/mol. The molecule has 2 amide bonds. The Morgan fingerprint density at radius 2 is 2.14 bits per heavy atom. The molecule has 1 fully saturated rings. The van der Waals surface area contributed by atoms with Gasteiger partial charge in [-0.1, -0.05) is 12.1 Å². The Balaban J connectivity index is 1.70. The van der Waals surface area contributed by atoms with E-state index >= 15 is 0 Å². The first-order valence-corrected chi connectivity index (χ1v) is 9.41. The second kappa shape index (κ2) is 7.72. The molecule has 0 bridgehead atoms. The van der Waals surface area contributed by atoms with Crippen molar-refractivity contribution in [3.8, 4) is 17.1 Å². The van der Waals surface area contributed by atoms with E-state index in [9.17, 15) is 9.59 Å². The lowest BCUT2D eigenvalue weighted by Crippen LogP contribution is -2.45. The minimum Gasteiger partial charge on any atom is -0.463 e. The zero-order chi connectivity index (χ0) is 19.5. The third-order valence-corrected chi connectivity index (χ3v) is 4.80. The van der Waals surface area contributed by atoms with Crippen molar-refractivity contribution in [1.29, 1.82) is 0 Å². The summed E-state index contributed by atoms with van der Waals surface area (Å²) in [6.07, 6.45) is 4.00. The molecule has 1 atom stereocenters. The van der Waals surface area contributed by atoms with Crippen molar-refractivity contribution in [2.45, 2.75) is 32.2 Å². The summed E-state index contributed by atoms with van der Waals surface area (Å²) in [4.78, 5) is 25.3. The van der Waals surface area contributed by atoms with Gasteiger partial charge in [0.2, 0.25) is 5.91 Å². The maximum Gasteiger partial charge on any atom is 0.270 e. The lowest BCUT2D eigenvalue weighted by atomic mass is 10.1. The molecule has 1 aliphatic heterocycles. The van der Waals surface area contributed by atoms with Crippen molar-refractivity contribution in [2.75, 3.05) is 6.54 Å². The van der Waals surface area contributed by atoms with Crippen LogP contribution in [-0.4, -0.2) is 34.2 Å². The number of benzene rings is 1. The van der Waals surface area contributed by atoms with E-state index in [0.29, 0.717) is 30.1 Å². The van der Waals surface area contributed by atoms with Gasteiger partial charge in [-0.3, -0.25) is 9.59 Å². The van der Waals surface area contributed by atoms with Crippen molar-refractivity contribution in [1.82, 2.24) is 20.4 Å². The maximum absolute atomic E-state index is 13.1. The molecule has 3 aromatic rings.